The van der Waals surface area contributed by atoms with Crippen molar-refractivity contribution in [1.82, 2.24) is 0 Å². The van der Waals surface area contributed by atoms with E-state index in [1.54, 1.807) is 35.0 Å². The normalized spacial score (nSPS) is 13.6. The molecule has 0 aliphatic heterocycles. The molecule has 0 aliphatic carbocycles. The van der Waals surface area contributed by atoms with Crippen LogP contribution in [0.15, 0.2) is 0 Å². The van der Waals surface area contributed by atoms with Crippen LogP contribution in [-0.4, -0.2) is 30.7 Å². The highest BCUT2D eigenvalue weighted by molar-refractivity contribution is 4.75. The van der Waals surface area contributed by atoms with Crippen LogP contribution in [0.2, 0.25) is 0 Å². The van der Waals surface area contributed by atoms with Crippen molar-refractivity contribution in [3.63, 3.8) is 0 Å². The lowest BCUT2D eigenvalue weighted by Gasteiger charge is -2.32. The molecule has 3 nitrogen and oxygen atoms in total. The maximum atomic E-state index is 9.46. The first-order valence-corrected chi connectivity index (χ1v) is 3.66. The molecule has 1 N–H and O–H groups in total. The third-order valence-electron chi connectivity index (χ3n) is 1.62. The zero-order valence-corrected chi connectivity index (χ0v) is 7.97. The Morgan fingerprint density at radius 3 is 1.55 bits per heavy atom. The van der Waals surface area contributed by atoms with Crippen molar-refractivity contribution in [2.24, 2.45) is 0 Å². The Morgan fingerprint density at radius 1 is 1.09 bits per heavy atom. The molecule has 0 heterocycles. The van der Waals surface area contributed by atoms with Crippen molar-refractivity contribution in [2.75, 3.05) is 14.2 Å². The Bertz CT molecular complexity index is 111. The standard InChI is InChI=1S/C8H18O3/c1-7(2,9)6-8(3,10-4)11-5/h9H,6H2,1-5H3. The number of ether oxygens (including phenoxy) is 2. The second kappa shape index (κ2) is 3.52. The zero-order valence-electron chi connectivity index (χ0n) is 7.97. The summed E-state index contributed by atoms with van der Waals surface area (Å²) in [6, 6.07) is 0. The van der Waals surface area contributed by atoms with Crippen LogP contribution in [0, 0.1) is 0 Å². The lowest BCUT2D eigenvalue weighted by molar-refractivity contribution is -0.218. The Balaban J connectivity index is 4.08. The molecule has 0 bridgehead atoms. The summed E-state index contributed by atoms with van der Waals surface area (Å²) in [6.45, 7) is 5.25. The second-order valence-corrected chi connectivity index (χ2v) is 3.53. The van der Waals surface area contributed by atoms with Crippen molar-refractivity contribution >= 4 is 0 Å². The van der Waals surface area contributed by atoms with Gasteiger partial charge in [-0.3, -0.25) is 0 Å². The van der Waals surface area contributed by atoms with E-state index in [4.69, 9.17) is 9.47 Å². The van der Waals surface area contributed by atoms with Gasteiger partial charge >= 0.3 is 0 Å². The Kier molecular flexibility index (Phi) is 3.48. The van der Waals surface area contributed by atoms with Gasteiger partial charge in [0.1, 0.15) is 0 Å². The predicted octanol–water partition coefficient (Wildman–Crippen LogP) is 1.16. The molecule has 0 aromatic heterocycles. The molecule has 0 saturated carbocycles. The van der Waals surface area contributed by atoms with Gasteiger partial charge in [-0.15, -0.1) is 0 Å². The summed E-state index contributed by atoms with van der Waals surface area (Å²) in [5, 5.41) is 9.46. The van der Waals surface area contributed by atoms with Crippen molar-refractivity contribution in [3.8, 4) is 0 Å². The van der Waals surface area contributed by atoms with Gasteiger partial charge in [0.05, 0.1) is 5.60 Å². The summed E-state index contributed by atoms with van der Waals surface area (Å²) in [5.74, 6) is -0.682. The van der Waals surface area contributed by atoms with E-state index in [-0.39, 0.29) is 0 Å². The minimum Gasteiger partial charge on any atom is -0.390 e. The molecule has 0 atom stereocenters. The van der Waals surface area contributed by atoms with E-state index in [0.29, 0.717) is 6.42 Å². The molecule has 0 saturated heterocycles. The number of aliphatic hydroxyl groups is 1. The first-order chi connectivity index (χ1) is 4.83. The van der Waals surface area contributed by atoms with Crippen LogP contribution in [0.25, 0.3) is 0 Å². The summed E-state index contributed by atoms with van der Waals surface area (Å²) in [5.41, 5.74) is -0.763. The molecule has 0 aromatic rings. The highest BCUT2D eigenvalue weighted by Crippen LogP contribution is 2.23. The predicted molar refractivity (Wildman–Crippen MR) is 43.3 cm³/mol. The minimum absolute atomic E-state index is 0.451. The van der Waals surface area contributed by atoms with Gasteiger partial charge in [0.15, 0.2) is 5.79 Å². The van der Waals surface area contributed by atoms with E-state index in [2.05, 4.69) is 0 Å². The van der Waals surface area contributed by atoms with Crippen molar-refractivity contribution in [2.45, 2.75) is 38.6 Å². The summed E-state index contributed by atoms with van der Waals surface area (Å²) in [6.07, 6.45) is 0.451. The third-order valence-corrected chi connectivity index (χ3v) is 1.62. The Hall–Kier alpha value is -0.120. The van der Waals surface area contributed by atoms with Crippen LogP contribution in [0.1, 0.15) is 27.2 Å². The number of hydrogen-bond acceptors (Lipinski definition) is 3. The van der Waals surface area contributed by atoms with Crippen molar-refractivity contribution in [3.05, 3.63) is 0 Å². The molecule has 0 fully saturated rings. The molecule has 0 radical (unpaired) electrons. The summed E-state index contributed by atoms with van der Waals surface area (Å²) >= 11 is 0. The first kappa shape index (κ1) is 10.9. The Labute approximate surface area is 68.3 Å². The van der Waals surface area contributed by atoms with Gasteiger partial charge < -0.3 is 14.6 Å². The fraction of sp³-hybridized carbons (Fsp3) is 1.00. The number of rotatable bonds is 4. The van der Waals surface area contributed by atoms with E-state index >= 15 is 0 Å². The van der Waals surface area contributed by atoms with Gasteiger partial charge in [0.25, 0.3) is 0 Å². The summed E-state index contributed by atoms with van der Waals surface area (Å²) in [7, 11) is 3.13. The Morgan fingerprint density at radius 2 is 1.45 bits per heavy atom. The summed E-state index contributed by atoms with van der Waals surface area (Å²) in [4.78, 5) is 0. The third kappa shape index (κ3) is 4.35. The van der Waals surface area contributed by atoms with Gasteiger partial charge in [-0.05, 0) is 20.8 Å². The van der Waals surface area contributed by atoms with Gasteiger partial charge in [-0.25, -0.2) is 0 Å². The molecule has 0 unspecified atom stereocenters. The molecule has 0 aliphatic rings. The minimum atomic E-state index is -0.763. The largest absolute Gasteiger partial charge is 0.390 e. The van der Waals surface area contributed by atoms with Crippen LogP contribution in [0.5, 0.6) is 0 Å². The molecule has 11 heavy (non-hydrogen) atoms. The summed E-state index contributed by atoms with van der Waals surface area (Å²) < 4.78 is 10.2. The molecule has 0 rings (SSSR count). The highest BCUT2D eigenvalue weighted by atomic mass is 16.7. The SMILES string of the molecule is COC(C)(CC(C)(C)O)OC. The van der Waals surface area contributed by atoms with Crippen LogP contribution in [-0.2, 0) is 9.47 Å². The van der Waals surface area contributed by atoms with E-state index in [1.165, 1.54) is 0 Å². The lowest BCUT2D eigenvalue weighted by atomic mass is 9.99. The van der Waals surface area contributed by atoms with E-state index in [1.807, 2.05) is 0 Å². The number of methoxy groups -OCH3 is 2. The van der Waals surface area contributed by atoms with Gasteiger partial charge in [0.2, 0.25) is 0 Å². The maximum Gasteiger partial charge on any atom is 0.167 e. The van der Waals surface area contributed by atoms with Gasteiger partial charge in [-0.2, -0.15) is 0 Å². The zero-order chi connectivity index (χ0) is 9.12. The molecule has 68 valence electrons. The molecule has 0 spiro atoms. The first-order valence-electron chi connectivity index (χ1n) is 3.66. The second-order valence-electron chi connectivity index (χ2n) is 3.53. The maximum absolute atomic E-state index is 9.46. The fourth-order valence-electron chi connectivity index (χ4n) is 1.01. The smallest absolute Gasteiger partial charge is 0.167 e. The van der Waals surface area contributed by atoms with Crippen molar-refractivity contribution in [1.29, 1.82) is 0 Å². The lowest BCUT2D eigenvalue weighted by Crippen LogP contribution is -2.38. The van der Waals surface area contributed by atoms with Gasteiger partial charge in [-0.1, -0.05) is 0 Å². The molecular weight excluding hydrogens is 144 g/mol. The monoisotopic (exact) mass is 162 g/mol. The van der Waals surface area contributed by atoms with Gasteiger partial charge in [0, 0.05) is 20.6 Å². The molecule has 0 amide bonds. The fourth-order valence-corrected chi connectivity index (χ4v) is 1.01. The average Bonchev–Trinajstić information content (AvgIpc) is 1.84. The average molecular weight is 162 g/mol. The molecule has 0 aromatic carbocycles. The van der Waals surface area contributed by atoms with E-state index in [9.17, 15) is 5.11 Å². The molecular formula is C8H18O3. The van der Waals surface area contributed by atoms with Crippen molar-refractivity contribution < 1.29 is 14.6 Å². The van der Waals surface area contributed by atoms with Crippen LogP contribution in [0.3, 0.4) is 0 Å². The number of hydrogen-bond donors (Lipinski definition) is 1. The van der Waals surface area contributed by atoms with Crippen LogP contribution >= 0.6 is 0 Å². The van der Waals surface area contributed by atoms with Crippen LogP contribution in [0.4, 0.5) is 0 Å². The highest BCUT2D eigenvalue weighted by Gasteiger charge is 2.30. The molecule has 3 heteroatoms. The van der Waals surface area contributed by atoms with E-state index in [0.717, 1.165) is 0 Å². The van der Waals surface area contributed by atoms with Crippen LogP contribution < -0.4 is 0 Å². The van der Waals surface area contributed by atoms with E-state index < -0.39 is 11.4 Å². The quantitative estimate of drug-likeness (QED) is 0.630. The topological polar surface area (TPSA) is 38.7 Å².